The van der Waals surface area contributed by atoms with E-state index in [-0.39, 0.29) is 0 Å². The van der Waals surface area contributed by atoms with Crippen LogP contribution in [0, 0.1) is 0 Å². The molecule has 0 saturated carbocycles. The van der Waals surface area contributed by atoms with Crippen LogP contribution >= 0.6 is 11.6 Å². The van der Waals surface area contributed by atoms with Gasteiger partial charge in [-0.15, -0.1) is 0 Å². The lowest BCUT2D eigenvalue weighted by molar-refractivity contribution is 0.527. The van der Waals surface area contributed by atoms with Gasteiger partial charge in [-0.3, -0.25) is 0 Å². The fraction of sp³-hybridized carbons (Fsp3) is 0.400. The van der Waals surface area contributed by atoms with Gasteiger partial charge in [0, 0.05) is 36.4 Å². The summed E-state index contributed by atoms with van der Waals surface area (Å²) in [7, 11) is 2.00. The topological polar surface area (TPSA) is 29.9 Å². The summed E-state index contributed by atoms with van der Waals surface area (Å²) >= 11 is 5.91. The van der Waals surface area contributed by atoms with Crippen LogP contribution in [0.15, 0.2) is 36.7 Å². The van der Waals surface area contributed by atoms with Crippen LogP contribution in [0.2, 0.25) is 5.02 Å². The van der Waals surface area contributed by atoms with Gasteiger partial charge in [-0.1, -0.05) is 23.7 Å². The first-order valence-electron chi connectivity index (χ1n) is 6.64. The molecule has 1 aromatic carbocycles. The van der Waals surface area contributed by atoms with Crippen molar-refractivity contribution in [3.05, 3.63) is 53.1 Å². The van der Waals surface area contributed by atoms with Gasteiger partial charge < -0.3 is 9.88 Å². The predicted molar refractivity (Wildman–Crippen MR) is 79.6 cm³/mol. The molecule has 0 spiro atoms. The molecule has 2 rings (SSSR count). The Kier molecular flexibility index (Phi) is 5.00. The first-order chi connectivity index (χ1) is 9.22. The molecule has 0 aliphatic heterocycles. The van der Waals surface area contributed by atoms with Crippen LogP contribution < -0.4 is 5.32 Å². The predicted octanol–water partition coefficient (Wildman–Crippen LogP) is 2.93. The van der Waals surface area contributed by atoms with Gasteiger partial charge in [0.2, 0.25) is 0 Å². The summed E-state index contributed by atoms with van der Waals surface area (Å²) in [4.78, 5) is 4.43. The Morgan fingerprint density at radius 3 is 2.63 bits per heavy atom. The zero-order chi connectivity index (χ0) is 13.7. The minimum absolute atomic E-state index is 0.383. The van der Waals surface area contributed by atoms with Gasteiger partial charge in [0.15, 0.2) is 0 Å². The van der Waals surface area contributed by atoms with E-state index in [2.05, 4.69) is 33.9 Å². The molecule has 0 fully saturated rings. The largest absolute Gasteiger partial charge is 0.335 e. The van der Waals surface area contributed by atoms with E-state index in [0.717, 1.165) is 30.2 Å². The smallest absolute Gasteiger partial charge is 0.110 e. The van der Waals surface area contributed by atoms with Crippen molar-refractivity contribution in [1.29, 1.82) is 0 Å². The van der Waals surface area contributed by atoms with E-state index < -0.39 is 0 Å². The molecule has 1 atom stereocenters. The fourth-order valence-electron chi connectivity index (χ4n) is 2.22. The second-order valence-electron chi connectivity index (χ2n) is 4.65. The highest BCUT2D eigenvalue weighted by atomic mass is 35.5. The number of aryl methyl sites for hydroxylation is 1. The number of aromatic nitrogens is 2. The molecule has 1 unspecified atom stereocenters. The minimum Gasteiger partial charge on any atom is -0.335 e. The zero-order valence-corrected chi connectivity index (χ0v) is 12.2. The Hall–Kier alpha value is -1.32. The Morgan fingerprint density at radius 2 is 2.00 bits per heavy atom. The lowest BCUT2D eigenvalue weighted by atomic mass is 10.0. The van der Waals surface area contributed by atoms with Crippen LogP contribution in [-0.4, -0.2) is 22.6 Å². The third kappa shape index (κ3) is 3.82. The van der Waals surface area contributed by atoms with Crippen LogP contribution in [0.1, 0.15) is 18.3 Å². The molecule has 0 amide bonds. The van der Waals surface area contributed by atoms with Crippen molar-refractivity contribution in [2.75, 3.05) is 7.05 Å². The Morgan fingerprint density at radius 1 is 1.26 bits per heavy atom. The summed E-state index contributed by atoms with van der Waals surface area (Å²) in [6.45, 7) is 3.10. The molecule has 0 aliphatic rings. The number of halogens is 1. The molecule has 0 radical (unpaired) electrons. The summed E-state index contributed by atoms with van der Waals surface area (Å²) < 4.78 is 2.19. The second kappa shape index (κ2) is 6.73. The quantitative estimate of drug-likeness (QED) is 0.880. The van der Waals surface area contributed by atoms with Gasteiger partial charge in [0.05, 0.1) is 0 Å². The molecule has 4 heteroatoms. The van der Waals surface area contributed by atoms with Crippen LogP contribution in [0.25, 0.3) is 0 Å². The molecule has 2 aromatic rings. The van der Waals surface area contributed by atoms with Gasteiger partial charge in [-0.05, 0) is 38.1 Å². The zero-order valence-electron chi connectivity index (χ0n) is 11.4. The molecule has 102 valence electrons. The van der Waals surface area contributed by atoms with E-state index >= 15 is 0 Å². The maximum Gasteiger partial charge on any atom is 0.110 e. The van der Waals surface area contributed by atoms with E-state index in [1.165, 1.54) is 5.56 Å². The van der Waals surface area contributed by atoms with E-state index in [1.54, 1.807) is 0 Å². The van der Waals surface area contributed by atoms with E-state index in [0.29, 0.717) is 6.04 Å². The number of nitrogens with zero attached hydrogens (tertiary/aromatic N) is 2. The number of hydrogen-bond donors (Lipinski definition) is 1. The van der Waals surface area contributed by atoms with E-state index in [9.17, 15) is 0 Å². The Labute approximate surface area is 119 Å². The van der Waals surface area contributed by atoms with Gasteiger partial charge in [0.1, 0.15) is 5.82 Å². The Bertz CT molecular complexity index is 504. The van der Waals surface area contributed by atoms with Crippen LogP contribution in [-0.2, 0) is 19.4 Å². The van der Waals surface area contributed by atoms with Crippen molar-refractivity contribution in [2.45, 2.75) is 32.4 Å². The van der Waals surface area contributed by atoms with Crippen molar-refractivity contribution in [1.82, 2.24) is 14.9 Å². The first-order valence-corrected chi connectivity index (χ1v) is 7.02. The number of benzene rings is 1. The van der Waals surface area contributed by atoms with Crippen molar-refractivity contribution in [3.8, 4) is 0 Å². The molecular formula is C15H20ClN3. The third-order valence-corrected chi connectivity index (χ3v) is 3.63. The van der Waals surface area contributed by atoms with Crippen LogP contribution in [0.5, 0.6) is 0 Å². The third-order valence-electron chi connectivity index (χ3n) is 3.37. The van der Waals surface area contributed by atoms with Gasteiger partial charge in [-0.2, -0.15) is 0 Å². The number of rotatable bonds is 6. The summed E-state index contributed by atoms with van der Waals surface area (Å²) in [5.41, 5.74) is 1.29. The molecule has 3 nitrogen and oxygen atoms in total. The molecule has 0 saturated heterocycles. The number of likely N-dealkylation sites (N-methyl/N-ethyl adjacent to an activating group) is 1. The average molecular weight is 278 g/mol. The molecule has 1 N–H and O–H groups in total. The fourth-order valence-corrected chi connectivity index (χ4v) is 2.35. The molecule has 0 aliphatic carbocycles. The van der Waals surface area contributed by atoms with Gasteiger partial charge >= 0.3 is 0 Å². The highest BCUT2D eigenvalue weighted by Crippen LogP contribution is 2.12. The number of imidazole rings is 1. The van der Waals surface area contributed by atoms with Gasteiger partial charge in [-0.25, -0.2) is 4.98 Å². The maximum absolute atomic E-state index is 5.91. The maximum atomic E-state index is 5.91. The highest BCUT2D eigenvalue weighted by Gasteiger charge is 2.11. The lowest BCUT2D eigenvalue weighted by Gasteiger charge is -2.16. The van der Waals surface area contributed by atoms with E-state index in [1.807, 2.05) is 31.6 Å². The molecule has 1 heterocycles. The van der Waals surface area contributed by atoms with Crippen molar-refractivity contribution >= 4 is 11.6 Å². The first kappa shape index (κ1) is 14.1. The van der Waals surface area contributed by atoms with Crippen LogP contribution in [0.4, 0.5) is 0 Å². The van der Waals surface area contributed by atoms with Gasteiger partial charge in [0.25, 0.3) is 0 Å². The normalized spacial score (nSPS) is 12.6. The Balaban J connectivity index is 2.02. The summed E-state index contributed by atoms with van der Waals surface area (Å²) in [5, 5.41) is 4.15. The summed E-state index contributed by atoms with van der Waals surface area (Å²) in [5.74, 6) is 1.14. The molecule has 0 bridgehead atoms. The van der Waals surface area contributed by atoms with Crippen molar-refractivity contribution < 1.29 is 0 Å². The molecule has 1 aromatic heterocycles. The summed E-state index contributed by atoms with van der Waals surface area (Å²) in [6, 6.07) is 8.43. The second-order valence-corrected chi connectivity index (χ2v) is 5.09. The standard InChI is InChI=1S/C15H20ClN3/c1-3-19-9-8-18-15(19)11-14(17-2)10-12-4-6-13(16)7-5-12/h4-9,14,17H,3,10-11H2,1-2H3. The minimum atomic E-state index is 0.383. The van der Waals surface area contributed by atoms with Crippen LogP contribution in [0.3, 0.4) is 0 Å². The van der Waals surface area contributed by atoms with Crippen molar-refractivity contribution in [3.63, 3.8) is 0 Å². The highest BCUT2D eigenvalue weighted by molar-refractivity contribution is 6.30. The van der Waals surface area contributed by atoms with E-state index in [4.69, 9.17) is 11.6 Å². The summed E-state index contributed by atoms with van der Waals surface area (Å²) in [6.07, 6.45) is 5.81. The number of hydrogen-bond acceptors (Lipinski definition) is 2. The average Bonchev–Trinajstić information content (AvgIpc) is 2.87. The molecular weight excluding hydrogens is 258 g/mol. The number of nitrogens with one attached hydrogen (secondary N) is 1. The monoisotopic (exact) mass is 277 g/mol. The molecule has 19 heavy (non-hydrogen) atoms. The SMILES string of the molecule is CCn1ccnc1CC(Cc1ccc(Cl)cc1)NC. The lowest BCUT2D eigenvalue weighted by Crippen LogP contribution is -2.31. The van der Waals surface area contributed by atoms with Crippen molar-refractivity contribution in [2.24, 2.45) is 0 Å².